The molecule has 0 aliphatic heterocycles. The van der Waals surface area contributed by atoms with Crippen LogP contribution in [0.3, 0.4) is 0 Å². The monoisotopic (exact) mass is 492 g/mol. The highest BCUT2D eigenvalue weighted by atomic mass is 33.1. The summed E-state index contributed by atoms with van der Waals surface area (Å²) < 4.78 is 0. The molecule has 0 aliphatic rings. The Balaban J connectivity index is 2.42. The minimum Gasteiger partial charge on any atom is -0.351 e. The van der Waals surface area contributed by atoms with Gasteiger partial charge in [0.2, 0.25) is 0 Å². The summed E-state index contributed by atoms with van der Waals surface area (Å²) in [6.07, 6.45) is 11.4. The molecule has 1 aromatic rings. The van der Waals surface area contributed by atoms with Crippen molar-refractivity contribution in [2.75, 3.05) is 30.3 Å². The first-order valence-electron chi connectivity index (χ1n) is 11.3. The second kappa shape index (κ2) is 18.4. The Labute approximate surface area is 207 Å². The van der Waals surface area contributed by atoms with Crippen LogP contribution in [0.25, 0.3) is 0 Å². The highest BCUT2D eigenvalue weighted by Gasteiger charge is 2.10. The predicted octanol–water partition coefficient (Wildman–Crippen LogP) is 7.27. The molecule has 3 N–H and O–H groups in total. The minimum absolute atomic E-state index is 0.00644. The molecule has 0 aliphatic carbocycles. The van der Waals surface area contributed by atoms with Gasteiger partial charge in [-0.3, -0.25) is 4.79 Å². The van der Waals surface area contributed by atoms with Gasteiger partial charge in [0.25, 0.3) is 5.91 Å². The number of allylic oxidation sites excluding steroid dienone is 5. The number of benzene rings is 1. The van der Waals surface area contributed by atoms with E-state index in [0.29, 0.717) is 13.1 Å². The fourth-order valence-electron chi connectivity index (χ4n) is 2.86. The highest BCUT2D eigenvalue weighted by Crippen LogP contribution is 2.24. The van der Waals surface area contributed by atoms with Crippen LogP contribution >= 0.6 is 33.3 Å². The summed E-state index contributed by atoms with van der Waals surface area (Å²) in [5.74, 6) is 2.71. The number of carbonyl (C=O) groups excluding carboxylic acids is 1. The Morgan fingerprint density at radius 3 is 2.31 bits per heavy atom. The number of nitrogens with one attached hydrogen (secondary N) is 1. The molecule has 0 heterocycles. The van der Waals surface area contributed by atoms with Gasteiger partial charge in [0.05, 0.1) is 5.56 Å². The highest BCUT2D eigenvalue weighted by molar-refractivity contribution is 8.76. The van der Waals surface area contributed by atoms with Gasteiger partial charge in [-0.2, -0.15) is 0 Å². The van der Waals surface area contributed by atoms with Crippen molar-refractivity contribution >= 4 is 39.3 Å². The molecule has 0 atom stereocenters. The molecule has 1 aromatic carbocycles. The quantitative estimate of drug-likeness (QED) is 0.110. The molecule has 6 heteroatoms. The van der Waals surface area contributed by atoms with Gasteiger partial charge in [0, 0.05) is 35.2 Å². The molecular formula is C26H40N2OS3. The van der Waals surface area contributed by atoms with Crippen LogP contribution in [0.5, 0.6) is 0 Å². The predicted molar refractivity (Wildman–Crippen MR) is 149 cm³/mol. The maximum atomic E-state index is 12.6. The molecule has 0 saturated heterocycles. The molecule has 32 heavy (non-hydrogen) atoms. The van der Waals surface area contributed by atoms with Gasteiger partial charge in [-0.25, -0.2) is 0 Å². The van der Waals surface area contributed by atoms with E-state index in [9.17, 15) is 4.79 Å². The van der Waals surface area contributed by atoms with Crippen molar-refractivity contribution in [3.8, 4) is 0 Å². The summed E-state index contributed by atoms with van der Waals surface area (Å²) in [5.41, 5.74) is 10.5. The number of hydrogen-bond donors (Lipinski definition) is 2. The van der Waals surface area contributed by atoms with Crippen molar-refractivity contribution in [3.63, 3.8) is 0 Å². The third-order valence-corrected chi connectivity index (χ3v) is 8.12. The van der Waals surface area contributed by atoms with E-state index in [-0.39, 0.29) is 5.91 Å². The molecule has 0 spiro atoms. The van der Waals surface area contributed by atoms with Crippen LogP contribution < -0.4 is 11.1 Å². The average molecular weight is 493 g/mol. The van der Waals surface area contributed by atoms with Crippen LogP contribution in [0.4, 0.5) is 0 Å². The Bertz CT molecular complexity index is 768. The SMILES string of the molecule is CC(C)=CCC/C(C)=C/CC/C(C)=C/CSc1ccccc1C(=O)NCCSSCCN. The smallest absolute Gasteiger partial charge is 0.252 e. The van der Waals surface area contributed by atoms with Crippen LogP contribution in [-0.4, -0.2) is 36.3 Å². The van der Waals surface area contributed by atoms with Crippen molar-refractivity contribution in [2.24, 2.45) is 5.73 Å². The third-order valence-electron chi connectivity index (χ3n) is 4.68. The Hall–Kier alpha value is -1.08. The summed E-state index contributed by atoms with van der Waals surface area (Å²) in [7, 11) is 3.50. The average Bonchev–Trinajstić information content (AvgIpc) is 2.76. The van der Waals surface area contributed by atoms with Crippen molar-refractivity contribution in [1.82, 2.24) is 5.32 Å². The number of hydrogen-bond acceptors (Lipinski definition) is 5. The number of thioether (sulfide) groups is 1. The Kier molecular flexibility index (Phi) is 16.6. The topological polar surface area (TPSA) is 55.1 Å². The largest absolute Gasteiger partial charge is 0.351 e. The van der Waals surface area contributed by atoms with E-state index in [1.165, 1.54) is 16.7 Å². The molecule has 0 fully saturated rings. The van der Waals surface area contributed by atoms with Crippen LogP contribution in [-0.2, 0) is 0 Å². The molecule has 0 bridgehead atoms. The zero-order chi connectivity index (χ0) is 23.6. The first-order valence-corrected chi connectivity index (χ1v) is 14.8. The summed E-state index contributed by atoms with van der Waals surface area (Å²) in [5, 5.41) is 3.03. The molecular weight excluding hydrogens is 453 g/mol. The van der Waals surface area contributed by atoms with Gasteiger partial charge in [0.15, 0.2) is 0 Å². The van der Waals surface area contributed by atoms with E-state index in [1.54, 1.807) is 33.3 Å². The number of carbonyl (C=O) groups is 1. The fraction of sp³-hybridized carbons (Fsp3) is 0.500. The summed E-state index contributed by atoms with van der Waals surface area (Å²) >= 11 is 1.73. The van der Waals surface area contributed by atoms with E-state index in [2.05, 4.69) is 51.2 Å². The molecule has 178 valence electrons. The van der Waals surface area contributed by atoms with E-state index < -0.39 is 0 Å². The Morgan fingerprint density at radius 2 is 1.59 bits per heavy atom. The zero-order valence-electron chi connectivity index (χ0n) is 20.1. The van der Waals surface area contributed by atoms with Crippen LogP contribution in [0.2, 0.25) is 0 Å². The molecule has 0 aromatic heterocycles. The molecule has 0 radical (unpaired) electrons. The van der Waals surface area contributed by atoms with Gasteiger partial charge in [-0.15, -0.1) is 11.8 Å². The van der Waals surface area contributed by atoms with Gasteiger partial charge in [-0.05, 0) is 65.5 Å². The van der Waals surface area contributed by atoms with E-state index >= 15 is 0 Å². The van der Waals surface area contributed by atoms with Crippen molar-refractivity contribution in [2.45, 2.75) is 58.3 Å². The normalized spacial score (nSPS) is 12.0. The first kappa shape index (κ1) is 29.0. The first-order chi connectivity index (χ1) is 15.4. The van der Waals surface area contributed by atoms with Crippen LogP contribution in [0, 0.1) is 0 Å². The summed E-state index contributed by atoms with van der Waals surface area (Å²) in [6.45, 7) is 10.1. The maximum Gasteiger partial charge on any atom is 0.252 e. The van der Waals surface area contributed by atoms with E-state index in [4.69, 9.17) is 5.73 Å². The van der Waals surface area contributed by atoms with E-state index in [0.717, 1.165) is 53.4 Å². The molecule has 0 saturated carbocycles. The number of rotatable bonds is 16. The summed E-state index contributed by atoms with van der Waals surface area (Å²) in [4.78, 5) is 13.6. The standard InChI is InChI=1S/C26H40N2OS3/c1-21(2)9-7-10-22(3)11-8-12-23(4)15-18-30-25-14-6-5-13-24(25)26(29)28-17-20-32-31-19-16-27/h5-6,9,11,13-15H,7-8,10,12,16-20,27H2,1-4H3,(H,28,29)/b22-11+,23-15+. The van der Waals surface area contributed by atoms with Crippen molar-refractivity contribution in [1.29, 1.82) is 0 Å². The second-order valence-corrected chi connectivity index (χ2v) is 11.7. The van der Waals surface area contributed by atoms with Crippen molar-refractivity contribution < 1.29 is 4.79 Å². The maximum absolute atomic E-state index is 12.6. The lowest BCUT2D eigenvalue weighted by atomic mass is 10.1. The van der Waals surface area contributed by atoms with Crippen LogP contribution in [0.1, 0.15) is 63.7 Å². The fourth-order valence-corrected chi connectivity index (χ4v) is 5.66. The summed E-state index contributed by atoms with van der Waals surface area (Å²) in [6, 6.07) is 7.87. The zero-order valence-corrected chi connectivity index (χ0v) is 22.6. The lowest BCUT2D eigenvalue weighted by Crippen LogP contribution is -2.26. The molecule has 3 nitrogen and oxygen atoms in total. The molecule has 1 rings (SSSR count). The van der Waals surface area contributed by atoms with Gasteiger partial charge >= 0.3 is 0 Å². The number of amides is 1. The lowest BCUT2D eigenvalue weighted by molar-refractivity contribution is 0.0953. The van der Waals surface area contributed by atoms with Crippen molar-refractivity contribution in [3.05, 3.63) is 64.8 Å². The minimum atomic E-state index is 0.00644. The Morgan fingerprint density at radius 1 is 0.938 bits per heavy atom. The lowest BCUT2D eigenvalue weighted by Gasteiger charge is -2.09. The second-order valence-electron chi connectivity index (χ2n) is 7.96. The molecule has 0 unspecified atom stereocenters. The van der Waals surface area contributed by atoms with Crippen LogP contribution in [0.15, 0.2) is 64.1 Å². The van der Waals surface area contributed by atoms with Gasteiger partial charge < -0.3 is 11.1 Å². The molecule has 1 amide bonds. The van der Waals surface area contributed by atoms with E-state index in [1.807, 2.05) is 24.3 Å². The number of nitrogens with two attached hydrogens (primary N) is 1. The van der Waals surface area contributed by atoms with Gasteiger partial charge in [-0.1, -0.05) is 68.7 Å². The third kappa shape index (κ3) is 14.1. The van der Waals surface area contributed by atoms with Gasteiger partial charge in [0.1, 0.15) is 0 Å².